The quantitative estimate of drug-likeness (QED) is 0.615. The number of hydrogen-bond acceptors (Lipinski definition) is 7. The largest absolute Gasteiger partial charge is 0.459 e. The molecule has 8 heteroatoms. The number of benzene rings is 1. The van der Waals surface area contributed by atoms with E-state index in [1.165, 1.54) is 18.4 Å². The van der Waals surface area contributed by atoms with Crippen molar-refractivity contribution < 1.29 is 22.0 Å². The van der Waals surface area contributed by atoms with Gasteiger partial charge in [-0.2, -0.15) is 4.98 Å². The fraction of sp³-hybridized carbons (Fsp3) is 0.235. The van der Waals surface area contributed by atoms with Crippen molar-refractivity contribution >= 4 is 15.7 Å². The number of anilines is 1. The lowest BCUT2D eigenvalue weighted by Crippen LogP contribution is -2.09. The topological polar surface area (TPSA) is 94.6 Å². The molecule has 0 aliphatic heterocycles. The van der Waals surface area contributed by atoms with Crippen molar-refractivity contribution in [3.8, 4) is 11.7 Å². The highest BCUT2D eigenvalue weighted by atomic mass is 32.2. The van der Waals surface area contributed by atoms with E-state index in [4.69, 9.17) is 13.6 Å². The fourth-order valence-corrected chi connectivity index (χ4v) is 3.54. The summed E-state index contributed by atoms with van der Waals surface area (Å²) in [5.74, 6) is 0.551. The second kappa shape index (κ2) is 7.54. The van der Waals surface area contributed by atoms with Crippen LogP contribution in [-0.2, 0) is 14.6 Å². The van der Waals surface area contributed by atoms with Gasteiger partial charge in [-0.3, -0.25) is 0 Å². The molecule has 7 nitrogen and oxygen atoms in total. The number of furan rings is 1. The van der Waals surface area contributed by atoms with Crippen LogP contribution in [-0.4, -0.2) is 33.7 Å². The number of rotatable bonds is 8. The van der Waals surface area contributed by atoms with Gasteiger partial charge in [0.25, 0.3) is 5.89 Å². The zero-order valence-electron chi connectivity index (χ0n) is 13.6. The average molecular weight is 362 g/mol. The molecule has 0 bridgehead atoms. The van der Waals surface area contributed by atoms with Gasteiger partial charge in [0.05, 0.1) is 11.2 Å². The normalized spacial score (nSPS) is 11.6. The van der Waals surface area contributed by atoms with E-state index in [1.54, 1.807) is 37.4 Å². The second-order valence-corrected chi connectivity index (χ2v) is 7.09. The maximum absolute atomic E-state index is 12.9. The number of hydrogen-bond donors (Lipinski definition) is 1. The lowest BCUT2D eigenvalue weighted by molar-refractivity contribution is 0.197. The van der Waals surface area contributed by atoms with Crippen LogP contribution >= 0.6 is 0 Å². The SMILES string of the molecule is COCCCNc1oc(-c2ccco2)nc1S(=O)(=O)c1ccccc1. The first-order valence-corrected chi connectivity index (χ1v) is 9.19. The van der Waals surface area contributed by atoms with Gasteiger partial charge in [0.2, 0.25) is 20.7 Å². The third-order valence-corrected chi connectivity index (χ3v) is 5.13. The molecule has 0 saturated heterocycles. The van der Waals surface area contributed by atoms with Gasteiger partial charge < -0.3 is 18.9 Å². The minimum Gasteiger partial charge on any atom is -0.459 e. The van der Waals surface area contributed by atoms with Gasteiger partial charge in [0.1, 0.15) is 0 Å². The highest BCUT2D eigenvalue weighted by molar-refractivity contribution is 7.91. The molecular formula is C17H18N2O5S. The van der Waals surface area contributed by atoms with Crippen LogP contribution in [0.4, 0.5) is 5.88 Å². The Morgan fingerprint density at radius 1 is 1.16 bits per heavy atom. The summed E-state index contributed by atoms with van der Waals surface area (Å²) in [7, 11) is -2.22. The zero-order valence-corrected chi connectivity index (χ0v) is 14.5. The summed E-state index contributed by atoms with van der Waals surface area (Å²) in [5.41, 5.74) is 0. The van der Waals surface area contributed by atoms with Gasteiger partial charge >= 0.3 is 0 Å². The highest BCUT2D eigenvalue weighted by Gasteiger charge is 2.28. The summed E-state index contributed by atoms with van der Waals surface area (Å²) < 4.78 is 41.7. The first-order valence-electron chi connectivity index (χ1n) is 7.70. The van der Waals surface area contributed by atoms with Gasteiger partial charge in [-0.15, -0.1) is 0 Å². The van der Waals surface area contributed by atoms with Crippen molar-refractivity contribution in [2.24, 2.45) is 0 Å². The van der Waals surface area contributed by atoms with Crippen LogP contribution in [0.5, 0.6) is 0 Å². The standard InChI is InChI=1S/C17H18N2O5S/c1-22-11-6-10-18-16-17(19-15(24-16)14-9-5-12-23-14)25(20,21)13-7-3-2-4-8-13/h2-5,7-9,12,18H,6,10-11H2,1H3. The Kier molecular flexibility index (Phi) is 5.20. The summed E-state index contributed by atoms with van der Waals surface area (Å²) in [5, 5.41) is 2.81. The van der Waals surface area contributed by atoms with Crippen LogP contribution in [0.1, 0.15) is 6.42 Å². The van der Waals surface area contributed by atoms with Crippen LogP contribution < -0.4 is 5.32 Å². The summed E-state index contributed by atoms with van der Waals surface area (Å²) >= 11 is 0. The lowest BCUT2D eigenvalue weighted by atomic mass is 10.4. The summed E-state index contributed by atoms with van der Waals surface area (Å²) in [4.78, 5) is 4.30. The molecule has 0 aliphatic rings. The highest BCUT2D eigenvalue weighted by Crippen LogP contribution is 2.32. The van der Waals surface area contributed by atoms with Crippen molar-refractivity contribution in [1.82, 2.24) is 4.98 Å². The van der Waals surface area contributed by atoms with E-state index in [9.17, 15) is 8.42 Å². The van der Waals surface area contributed by atoms with E-state index >= 15 is 0 Å². The first kappa shape index (κ1) is 17.2. The van der Waals surface area contributed by atoms with E-state index in [0.717, 1.165) is 0 Å². The first-order chi connectivity index (χ1) is 12.1. The summed E-state index contributed by atoms with van der Waals surface area (Å²) in [6.45, 7) is 1.03. The van der Waals surface area contributed by atoms with Gasteiger partial charge in [0.15, 0.2) is 5.76 Å². The lowest BCUT2D eigenvalue weighted by Gasteiger charge is -2.05. The minimum absolute atomic E-state index is 0.0892. The van der Waals surface area contributed by atoms with E-state index in [0.29, 0.717) is 25.3 Å². The predicted molar refractivity (Wildman–Crippen MR) is 91.1 cm³/mol. The minimum atomic E-state index is -3.82. The van der Waals surface area contributed by atoms with Crippen molar-refractivity contribution in [3.05, 3.63) is 48.7 Å². The van der Waals surface area contributed by atoms with E-state index in [2.05, 4.69) is 10.3 Å². The van der Waals surface area contributed by atoms with Gasteiger partial charge in [0, 0.05) is 20.3 Å². The second-order valence-electron chi connectivity index (χ2n) is 5.22. The number of ether oxygens (including phenoxy) is 1. The molecule has 0 amide bonds. The Bertz CT molecular complexity index is 902. The molecule has 0 atom stereocenters. The molecule has 0 aliphatic carbocycles. The number of methoxy groups -OCH3 is 1. The van der Waals surface area contributed by atoms with Crippen molar-refractivity contribution in [3.63, 3.8) is 0 Å². The Labute approximate surface area is 145 Å². The van der Waals surface area contributed by atoms with Crippen molar-refractivity contribution in [2.75, 3.05) is 25.6 Å². The van der Waals surface area contributed by atoms with E-state index < -0.39 is 9.84 Å². The number of aromatic nitrogens is 1. The van der Waals surface area contributed by atoms with Gasteiger partial charge in [-0.1, -0.05) is 18.2 Å². The fourth-order valence-electron chi connectivity index (χ4n) is 2.24. The molecule has 0 spiro atoms. The van der Waals surface area contributed by atoms with Crippen LogP contribution in [0.2, 0.25) is 0 Å². The molecule has 2 heterocycles. The number of sulfone groups is 1. The Morgan fingerprint density at radius 3 is 2.64 bits per heavy atom. The van der Waals surface area contributed by atoms with E-state index in [-0.39, 0.29) is 21.7 Å². The molecule has 3 aromatic rings. The molecule has 25 heavy (non-hydrogen) atoms. The number of nitrogens with zero attached hydrogens (tertiary/aromatic N) is 1. The van der Waals surface area contributed by atoms with Crippen LogP contribution in [0.25, 0.3) is 11.7 Å². The third kappa shape index (κ3) is 3.75. The number of oxazole rings is 1. The zero-order chi connectivity index (χ0) is 17.7. The summed E-state index contributed by atoms with van der Waals surface area (Å²) in [6, 6.07) is 11.4. The molecule has 2 aromatic heterocycles. The number of nitrogens with one attached hydrogen (secondary N) is 1. The Balaban J connectivity index is 1.98. The predicted octanol–water partition coefficient (Wildman–Crippen LogP) is 3.22. The molecule has 0 fully saturated rings. The third-order valence-electron chi connectivity index (χ3n) is 3.45. The molecule has 3 rings (SSSR count). The molecule has 0 saturated carbocycles. The molecular weight excluding hydrogens is 344 g/mol. The molecule has 0 unspecified atom stereocenters. The molecule has 1 N–H and O–H groups in total. The van der Waals surface area contributed by atoms with Gasteiger partial charge in [-0.05, 0) is 30.7 Å². The van der Waals surface area contributed by atoms with Gasteiger partial charge in [-0.25, -0.2) is 8.42 Å². The van der Waals surface area contributed by atoms with E-state index in [1.807, 2.05) is 0 Å². The maximum atomic E-state index is 12.9. The molecule has 132 valence electrons. The van der Waals surface area contributed by atoms with Crippen molar-refractivity contribution in [1.29, 1.82) is 0 Å². The van der Waals surface area contributed by atoms with Crippen LogP contribution in [0, 0.1) is 0 Å². The Hall–Kier alpha value is -2.58. The molecule has 0 radical (unpaired) electrons. The monoisotopic (exact) mass is 362 g/mol. The smallest absolute Gasteiger partial charge is 0.266 e. The molecule has 1 aromatic carbocycles. The van der Waals surface area contributed by atoms with Crippen LogP contribution in [0.3, 0.4) is 0 Å². The Morgan fingerprint density at radius 2 is 1.96 bits per heavy atom. The maximum Gasteiger partial charge on any atom is 0.266 e. The van der Waals surface area contributed by atoms with Crippen LogP contribution in [0.15, 0.2) is 67.5 Å². The average Bonchev–Trinajstić information content (AvgIpc) is 3.29. The summed E-state index contributed by atoms with van der Waals surface area (Å²) in [6.07, 6.45) is 2.16. The van der Waals surface area contributed by atoms with Crippen molar-refractivity contribution in [2.45, 2.75) is 16.3 Å².